The van der Waals surface area contributed by atoms with Crippen molar-refractivity contribution in [1.82, 2.24) is 10.2 Å². The van der Waals surface area contributed by atoms with E-state index in [-0.39, 0.29) is 12.5 Å². The molecule has 1 N–H and O–H groups in total. The Hall–Kier alpha value is -2.82. The van der Waals surface area contributed by atoms with E-state index in [9.17, 15) is 9.59 Å². The predicted molar refractivity (Wildman–Crippen MR) is 109 cm³/mol. The fourth-order valence-corrected chi connectivity index (χ4v) is 3.64. The van der Waals surface area contributed by atoms with Gasteiger partial charge in [-0.2, -0.15) is 0 Å². The van der Waals surface area contributed by atoms with E-state index >= 15 is 0 Å². The molecule has 0 radical (unpaired) electrons. The Labute approximate surface area is 166 Å². The zero-order chi connectivity index (χ0) is 19.9. The largest absolute Gasteiger partial charge is 0.445 e. The van der Waals surface area contributed by atoms with Gasteiger partial charge in [0, 0.05) is 13.1 Å². The molecule has 1 fully saturated rings. The van der Waals surface area contributed by atoms with Crippen molar-refractivity contribution in [1.29, 1.82) is 0 Å². The van der Waals surface area contributed by atoms with Crippen molar-refractivity contribution in [3.63, 3.8) is 0 Å². The van der Waals surface area contributed by atoms with Crippen molar-refractivity contribution in [2.24, 2.45) is 0 Å². The molecule has 0 unspecified atom stereocenters. The number of carbonyl (C=O) groups is 2. The Bertz CT molecular complexity index is 794. The summed E-state index contributed by atoms with van der Waals surface area (Å²) in [4.78, 5) is 27.5. The molecule has 2 aromatic rings. The minimum absolute atomic E-state index is 0.0682. The second-order valence-electron chi connectivity index (χ2n) is 7.45. The number of ether oxygens (including phenoxy) is 1. The molecule has 1 heterocycles. The summed E-state index contributed by atoms with van der Waals surface area (Å²) >= 11 is 0. The molecule has 28 heavy (non-hydrogen) atoms. The molecule has 2 amide bonds. The molecule has 0 saturated carbocycles. The quantitative estimate of drug-likeness (QED) is 0.842. The van der Waals surface area contributed by atoms with E-state index in [1.165, 1.54) is 0 Å². The van der Waals surface area contributed by atoms with E-state index in [0.29, 0.717) is 0 Å². The molecule has 0 aromatic heterocycles. The maximum Gasteiger partial charge on any atom is 0.408 e. The summed E-state index contributed by atoms with van der Waals surface area (Å²) in [6.45, 7) is 5.63. The van der Waals surface area contributed by atoms with Gasteiger partial charge in [-0.3, -0.25) is 4.79 Å². The average molecular weight is 380 g/mol. The van der Waals surface area contributed by atoms with E-state index in [1.807, 2.05) is 61.2 Å². The number of benzene rings is 2. The van der Waals surface area contributed by atoms with Crippen LogP contribution in [-0.4, -0.2) is 30.0 Å². The van der Waals surface area contributed by atoms with Gasteiger partial charge in [0.25, 0.3) is 0 Å². The number of nitrogens with zero attached hydrogens (tertiary/aromatic N) is 1. The number of carbonyl (C=O) groups excluding carboxylic acids is 2. The van der Waals surface area contributed by atoms with Gasteiger partial charge in [-0.05, 0) is 44.2 Å². The third-order valence-corrected chi connectivity index (χ3v) is 4.97. The first-order chi connectivity index (χ1) is 13.5. The normalized spacial score (nSPS) is 15.0. The topological polar surface area (TPSA) is 58.6 Å². The first-order valence-corrected chi connectivity index (χ1v) is 9.87. The lowest BCUT2D eigenvalue weighted by molar-refractivity contribution is -0.134. The van der Waals surface area contributed by atoms with Crippen LogP contribution in [0.3, 0.4) is 0 Å². The zero-order valence-corrected chi connectivity index (χ0v) is 16.6. The van der Waals surface area contributed by atoms with Gasteiger partial charge < -0.3 is 15.0 Å². The molecule has 3 rings (SSSR count). The minimum Gasteiger partial charge on any atom is -0.445 e. The lowest BCUT2D eigenvalue weighted by Gasteiger charge is -2.31. The number of hydrogen-bond acceptors (Lipinski definition) is 3. The summed E-state index contributed by atoms with van der Waals surface area (Å²) in [6, 6.07) is 14.7. The highest BCUT2D eigenvalue weighted by Crippen LogP contribution is 2.22. The maximum atomic E-state index is 13.2. The molecule has 5 heteroatoms. The maximum absolute atomic E-state index is 13.2. The number of amides is 2. The molecule has 0 aliphatic carbocycles. The van der Waals surface area contributed by atoms with Crippen molar-refractivity contribution in [2.75, 3.05) is 13.1 Å². The Morgan fingerprint density at radius 3 is 2.29 bits per heavy atom. The summed E-state index contributed by atoms with van der Waals surface area (Å²) < 4.78 is 5.36. The van der Waals surface area contributed by atoms with Crippen molar-refractivity contribution in [3.8, 4) is 0 Å². The molecule has 5 nitrogen and oxygen atoms in total. The van der Waals surface area contributed by atoms with Crippen LogP contribution in [0.1, 0.15) is 47.6 Å². The van der Waals surface area contributed by atoms with E-state index in [4.69, 9.17) is 4.74 Å². The minimum atomic E-state index is -0.736. The van der Waals surface area contributed by atoms with Crippen LogP contribution in [0.5, 0.6) is 0 Å². The van der Waals surface area contributed by atoms with Gasteiger partial charge >= 0.3 is 6.09 Å². The van der Waals surface area contributed by atoms with E-state index in [0.717, 1.165) is 54.6 Å². The Balaban J connectivity index is 1.75. The van der Waals surface area contributed by atoms with Gasteiger partial charge in [0.1, 0.15) is 12.6 Å². The van der Waals surface area contributed by atoms with Crippen LogP contribution in [0, 0.1) is 13.8 Å². The van der Waals surface area contributed by atoms with Crippen molar-refractivity contribution in [3.05, 3.63) is 70.8 Å². The molecule has 1 atom stereocenters. The average Bonchev–Trinajstić information content (AvgIpc) is 2.70. The van der Waals surface area contributed by atoms with Crippen molar-refractivity contribution in [2.45, 2.75) is 45.8 Å². The summed E-state index contributed by atoms with van der Waals surface area (Å²) in [5.41, 5.74) is 3.82. The van der Waals surface area contributed by atoms with E-state index < -0.39 is 12.1 Å². The first-order valence-electron chi connectivity index (χ1n) is 9.87. The first kappa shape index (κ1) is 19.9. The molecule has 1 saturated heterocycles. The standard InChI is InChI=1S/C23H28N2O3/c1-17-13-18(2)15-20(14-17)21(22(26)25-11-7-4-8-12-25)24-23(27)28-16-19-9-5-3-6-10-19/h3,5-6,9-10,13-15,21H,4,7-8,11-12,16H2,1-2H3,(H,24,27)/t21-/m1/s1. The van der Waals surface area contributed by atoms with Crippen LogP contribution in [0.2, 0.25) is 0 Å². The zero-order valence-electron chi connectivity index (χ0n) is 16.6. The molecule has 0 spiro atoms. The lowest BCUT2D eigenvalue weighted by atomic mass is 9.99. The number of aryl methyl sites for hydroxylation is 2. The van der Waals surface area contributed by atoms with Crippen LogP contribution >= 0.6 is 0 Å². The third kappa shape index (κ3) is 5.35. The molecular weight excluding hydrogens is 352 g/mol. The highest BCUT2D eigenvalue weighted by molar-refractivity contribution is 5.87. The van der Waals surface area contributed by atoms with Gasteiger partial charge in [0.15, 0.2) is 0 Å². The summed E-state index contributed by atoms with van der Waals surface area (Å²) in [6.07, 6.45) is 2.57. The second-order valence-corrected chi connectivity index (χ2v) is 7.45. The van der Waals surface area contributed by atoms with Gasteiger partial charge in [0.2, 0.25) is 5.91 Å². The van der Waals surface area contributed by atoms with Gasteiger partial charge in [-0.1, -0.05) is 59.7 Å². The number of likely N-dealkylation sites (tertiary alicyclic amines) is 1. The van der Waals surface area contributed by atoms with Crippen LogP contribution < -0.4 is 5.32 Å². The van der Waals surface area contributed by atoms with E-state index in [1.54, 1.807) is 0 Å². The van der Waals surface area contributed by atoms with Crippen LogP contribution in [0.15, 0.2) is 48.5 Å². The number of alkyl carbamates (subject to hydrolysis) is 1. The Morgan fingerprint density at radius 2 is 1.64 bits per heavy atom. The molecular formula is C23H28N2O3. The van der Waals surface area contributed by atoms with Crippen LogP contribution in [0.4, 0.5) is 4.79 Å². The molecule has 1 aliphatic heterocycles. The second kappa shape index (κ2) is 9.40. The number of rotatable bonds is 5. The third-order valence-electron chi connectivity index (χ3n) is 4.97. The monoisotopic (exact) mass is 380 g/mol. The van der Waals surface area contributed by atoms with Gasteiger partial charge in [-0.15, -0.1) is 0 Å². The van der Waals surface area contributed by atoms with Crippen molar-refractivity contribution < 1.29 is 14.3 Å². The smallest absolute Gasteiger partial charge is 0.408 e. The Kier molecular flexibility index (Phi) is 6.69. The Morgan fingerprint density at radius 1 is 1.00 bits per heavy atom. The summed E-state index contributed by atoms with van der Waals surface area (Å²) in [5.74, 6) is -0.0682. The predicted octanol–water partition coefficient (Wildman–Crippen LogP) is 4.28. The van der Waals surface area contributed by atoms with Crippen LogP contribution in [-0.2, 0) is 16.1 Å². The highest BCUT2D eigenvalue weighted by Gasteiger charge is 2.29. The number of hydrogen-bond donors (Lipinski definition) is 1. The van der Waals surface area contributed by atoms with Gasteiger partial charge in [0.05, 0.1) is 0 Å². The number of piperidine rings is 1. The van der Waals surface area contributed by atoms with Gasteiger partial charge in [-0.25, -0.2) is 4.79 Å². The molecule has 148 valence electrons. The SMILES string of the molecule is Cc1cc(C)cc([C@@H](NC(=O)OCc2ccccc2)C(=O)N2CCCCC2)c1. The molecule has 2 aromatic carbocycles. The summed E-state index contributed by atoms with van der Waals surface area (Å²) in [7, 11) is 0. The lowest BCUT2D eigenvalue weighted by Crippen LogP contribution is -2.45. The fourth-order valence-electron chi connectivity index (χ4n) is 3.64. The highest BCUT2D eigenvalue weighted by atomic mass is 16.5. The number of nitrogens with one attached hydrogen (secondary N) is 1. The summed E-state index contributed by atoms with van der Waals surface area (Å²) in [5, 5.41) is 2.80. The fraction of sp³-hybridized carbons (Fsp3) is 0.391. The van der Waals surface area contributed by atoms with Crippen molar-refractivity contribution >= 4 is 12.0 Å². The van der Waals surface area contributed by atoms with Crippen LogP contribution in [0.25, 0.3) is 0 Å². The molecule has 1 aliphatic rings. The molecule has 0 bridgehead atoms. The van der Waals surface area contributed by atoms with E-state index in [2.05, 4.69) is 11.4 Å².